The van der Waals surface area contributed by atoms with Crippen molar-refractivity contribution in [3.8, 4) is 0 Å². The smallest absolute Gasteiger partial charge is 0.0761 e. The molecule has 106 valence electrons. The zero-order chi connectivity index (χ0) is 14.3. The SMILES string of the molecule is C=CCC1=C[C@]2(C)C[C@](C)(OC)C1C=C2CC(C)C. The molecule has 0 saturated carbocycles. The van der Waals surface area contributed by atoms with E-state index >= 15 is 0 Å². The minimum absolute atomic E-state index is 0.0533. The number of rotatable bonds is 5. The summed E-state index contributed by atoms with van der Waals surface area (Å²) in [5.41, 5.74) is 3.21. The summed E-state index contributed by atoms with van der Waals surface area (Å²) in [5, 5.41) is 0. The van der Waals surface area contributed by atoms with E-state index in [9.17, 15) is 0 Å². The quantitative estimate of drug-likeness (QED) is 0.638. The van der Waals surface area contributed by atoms with Gasteiger partial charge in [0.25, 0.3) is 0 Å². The minimum atomic E-state index is -0.0533. The molecule has 0 radical (unpaired) electrons. The van der Waals surface area contributed by atoms with E-state index in [-0.39, 0.29) is 11.0 Å². The lowest BCUT2D eigenvalue weighted by molar-refractivity contribution is -0.0565. The summed E-state index contributed by atoms with van der Waals surface area (Å²) in [6.07, 6.45) is 10.3. The lowest BCUT2D eigenvalue weighted by Gasteiger charge is -2.53. The fourth-order valence-electron chi connectivity index (χ4n) is 3.96. The lowest BCUT2D eigenvalue weighted by atomic mass is 9.56. The van der Waals surface area contributed by atoms with E-state index in [2.05, 4.69) is 46.4 Å². The monoisotopic (exact) mass is 260 g/mol. The predicted molar refractivity (Wildman–Crippen MR) is 82.1 cm³/mol. The van der Waals surface area contributed by atoms with Crippen molar-refractivity contribution in [3.05, 3.63) is 36.0 Å². The number of allylic oxidation sites excluding steroid dienone is 3. The molecule has 1 unspecified atom stereocenters. The Hall–Kier alpha value is -0.820. The second kappa shape index (κ2) is 4.94. The molecule has 3 rings (SSSR count). The van der Waals surface area contributed by atoms with Crippen molar-refractivity contribution in [2.45, 2.75) is 52.6 Å². The van der Waals surface area contributed by atoms with Crippen molar-refractivity contribution in [2.75, 3.05) is 7.11 Å². The highest BCUT2D eigenvalue weighted by molar-refractivity contribution is 5.41. The van der Waals surface area contributed by atoms with Gasteiger partial charge in [0.1, 0.15) is 0 Å². The zero-order valence-electron chi connectivity index (χ0n) is 13.1. The topological polar surface area (TPSA) is 9.23 Å². The van der Waals surface area contributed by atoms with Gasteiger partial charge in [0.15, 0.2) is 0 Å². The summed E-state index contributed by atoms with van der Waals surface area (Å²) in [4.78, 5) is 0. The molecule has 2 bridgehead atoms. The first kappa shape index (κ1) is 14.6. The van der Waals surface area contributed by atoms with E-state index in [1.54, 1.807) is 5.57 Å². The number of methoxy groups -OCH3 is 1. The molecule has 0 fully saturated rings. The molecule has 0 N–H and O–H groups in total. The molecule has 3 aliphatic carbocycles. The van der Waals surface area contributed by atoms with Crippen molar-refractivity contribution >= 4 is 0 Å². The molecule has 0 aromatic carbocycles. The van der Waals surface area contributed by atoms with Crippen LogP contribution in [0.25, 0.3) is 0 Å². The Morgan fingerprint density at radius 2 is 2.16 bits per heavy atom. The van der Waals surface area contributed by atoms with Crippen molar-refractivity contribution in [1.82, 2.24) is 0 Å². The van der Waals surface area contributed by atoms with Gasteiger partial charge in [-0.1, -0.05) is 50.1 Å². The summed E-state index contributed by atoms with van der Waals surface area (Å²) in [5.74, 6) is 1.14. The van der Waals surface area contributed by atoms with E-state index in [1.165, 1.54) is 12.0 Å². The fourth-order valence-corrected chi connectivity index (χ4v) is 3.96. The Balaban J connectivity index is 2.41. The molecule has 0 aromatic rings. The Kier molecular flexibility index (Phi) is 3.79. The first-order valence-electron chi connectivity index (χ1n) is 7.43. The van der Waals surface area contributed by atoms with Crippen LogP contribution in [0.5, 0.6) is 0 Å². The Bertz CT molecular complexity index is 429. The highest BCUT2D eigenvalue weighted by atomic mass is 16.5. The molecule has 0 heterocycles. The van der Waals surface area contributed by atoms with Gasteiger partial charge in [-0.05, 0) is 32.1 Å². The van der Waals surface area contributed by atoms with Gasteiger partial charge in [0, 0.05) is 18.4 Å². The first-order valence-corrected chi connectivity index (χ1v) is 7.43. The van der Waals surface area contributed by atoms with Gasteiger partial charge in [-0.3, -0.25) is 0 Å². The standard InChI is InChI=1S/C18H28O/c1-7-8-14-11-17(4)12-18(5,19-6)16(14)10-15(17)9-13(2)3/h7,10-11,13,16H,1,8-9,12H2,2-6H3/t16?,17-,18+/m1/s1. The Labute approximate surface area is 118 Å². The summed E-state index contributed by atoms with van der Waals surface area (Å²) in [7, 11) is 1.85. The molecule has 0 spiro atoms. The van der Waals surface area contributed by atoms with Crippen molar-refractivity contribution < 1.29 is 4.74 Å². The maximum Gasteiger partial charge on any atom is 0.0761 e. The van der Waals surface area contributed by atoms with Gasteiger partial charge >= 0.3 is 0 Å². The highest BCUT2D eigenvalue weighted by Gasteiger charge is 2.50. The third-order valence-electron chi connectivity index (χ3n) is 4.86. The van der Waals surface area contributed by atoms with Crippen LogP contribution in [0.2, 0.25) is 0 Å². The van der Waals surface area contributed by atoms with E-state index < -0.39 is 0 Å². The van der Waals surface area contributed by atoms with Crippen LogP contribution < -0.4 is 0 Å². The van der Waals surface area contributed by atoms with Gasteiger partial charge in [-0.15, -0.1) is 6.58 Å². The largest absolute Gasteiger partial charge is 0.378 e. The Morgan fingerprint density at radius 1 is 1.47 bits per heavy atom. The molecule has 3 atom stereocenters. The van der Waals surface area contributed by atoms with Crippen molar-refractivity contribution in [2.24, 2.45) is 17.3 Å². The predicted octanol–water partition coefficient (Wildman–Crippen LogP) is 4.91. The van der Waals surface area contributed by atoms with Gasteiger partial charge in [-0.2, -0.15) is 0 Å². The van der Waals surface area contributed by atoms with E-state index in [0.29, 0.717) is 11.8 Å². The van der Waals surface area contributed by atoms with Gasteiger partial charge in [-0.25, -0.2) is 0 Å². The summed E-state index contributed by atoms with van der Waals surface area (Å²) in [6, 6.07) is 0. The van der Waals surface area contributed by atoms with Crippen LogP contribution in [0.15, 0.2) is 36.0 Å². The number of hydrogen-bond acceptors (Lipinski definition) is 1. The van der Waals surface area contributed by atoms with Crippen LogP contribution in [-0.2, 0) is 4.74 Å². The molecule has 0 saturated heterocycles. The van der Waals surface area contributed by atoms with Gasteiger partial charge < -0.3 is 4.74 Å². The van der Waals surface area contributed by atoms with Crippen LogP contribution in [0.1, 0.15) is 47.0 Å². The molecule has 1 nitrogen and oxygen atoms in total. The third kappa shape index (κ3) is 2.45. The number of hydrogen-bond donors (Lipinski definition) is 0. The molecule has 0 aliphatic heterocycles. The molecular formula is C18H28O. The van der Waals surface area contributed by atoms with E-state index in [1.807, 2.05) is 13.2 Å². The fraction of sp³-hybridized carbons (Fsp3) is 0.667. The average molecular weight is 260 g/mol. The second-order valence-electron chi connectivity index (χ2n) is 7.09. The molecular weight excluding hydrogens is 232 g/mol. The molecule has 19 heavy (non-hydrogen) atoms. The normalized spacial score (nSPS) is 37.3. The maximum absolute atomic E-state index is 5.89. The van der Waals surface area contributed by atoms with Crippen molar-refractivity contribution in [3.63, 3.8) is 0 Å². The highest BCUT2D eigenvalue weighted by Crippen LogP contribution is 2.56. The third-order valence-corrected chi connectivity index (χ3v) is 4.86. The van der Waals surface area contributed by atoms with Crippen LogP contribution in [0.4, 0.5) is 0 Å². The zero-order valence-corrected chi connectivity index (χ0v) is 13.1. The van der Waals surface area contributed by atoms with E-state index in [0.717, 1.165) is 12.8 Å². The van der Waals surface area contributed by atoms with E-state index in [4.69, 9.17) is 4.74 Å². The van der Waals surface area contributed by atoms with Crippen LogP contribution >= 0.6 is 0 Å². The minimum Gasteiger partial charge on any atom is -0.378 e. The van der Waals surface area contributed by atoms with Gasteiger partial charge in [0.05, 0.1) is 5.60 Å². The van der Waals surface area contributed by atoms with Crippen molar-refractivity contribution in [1.29, 1.82) is 0 Å². The number of ether oxygens (including phenoxy) is 1. The molecule has 3 aliphatic rings. The number of fused-ring (bicyclic) bond motifs is 1. The maximum atomic E-state index is 5.89. The first-order chi connectivity index (χ1) is 8.84. The summed E-state index contributed by atoms with van der Waals surface area (Å²) in [6.45, 7) is 13.1. The Morgan fingerprint density at radius 3 is 2.63 bits per heavy atom. The van der Waals surface area contributed by atoms with Gasteiger partial charge in [0.2, 0.25) is 0 Å². The van der Waals surface area contributed by atoms with Crippen LogP contribution in [-0.4, -0.2) is 12.7 Å². The van der Waals surface area contributed by atoms with Crippen LogP contribution in [0, 0.1) is 17.3 Å². The summed E-state index contributed by atoms with van der Waals surface area (Å²) >= 11 is 0. The average Bonchev–Trinajstić information content (AvgIpc) is 2.31. The molecule has 0 aromatic heterocycles. The second-order valence-corrected chi connectivity index (χ2v) is 7.09. The molecule has 0 amide bonds. The van der Waals surface area contributed by atoms with Crippen LogP contribution in [0.3, 0.4) is 0 Å². The summed E-state index contributed by atoms with van der Waals surface area (Å²) < 4.78 is 5.89. The molecule has 1 heteroatoms. The lowest BCUT2D eigenvalue weighted by Crippen LogP contribution is -2.49.